The smallest absolute Gasteiger partial charge is 0.151 e. The van der Waals surface area contributed by atoms with Crippen molar-refractivity contribution >= 4 is 5.82 Å². The minimum atomic E-state index is 0.439. The molecule has 1 saturated heterocycles. The molecule has 0 radical (unpaired) electrons. The third-order valence-corrected chi connectivity index (χ3v) is 4.77. The number of aromatic nitrogens is 4. The van der Waals surface area contributed by atoms with Gasteiger partial charge in [-0.15, -0.1) is 5.10 Å². The van der Waals surface area contributed by atoms with Crippen molar-refractivity contribution in [3.05, 3.63) is 66.1 Å². The normalized spacial score (nSPS) is 17.4. The van der Waals surface area contributed by atoms with Crippen LogP contribution < -0.4 is 10.2 Å². The summed E-state index contributed by atoms with van der Waals surface area (Å²) < 4.78 is 1.92. The van der Waals surface area contributed by atoms with Crippen LogP contribution in [0.3, 0.4) is 0 Å². The van der Waals surface area contributed by atoms with E-state index < -0.39 is 0 Å². The van der Waals surface area contributed by atoms with Crippen LogP contribution in [0.2, 0.25) is 0 Å². The number of anilines is 1. The average Bonchev–Trinajstić information content (AvgIpc) is 3.17. The fraction of sp³-hybridized carbons (Fsp3) is 0.350. The van der Waals surface area contributed by atoms with Crippen molar-refractivity contribution in [3.8, 4) is 5.69 Å². The summed E-state index contributed by atoms with van der Waals surface area (Å²) in [6, 6.07) is 16.8. The Balaban J connectivity index is 1.34. The second kappa shape index (κ2) is 7.66. The lowest BCUT2D eigenvalue weighted by Crippen LogP contribution is -2.45. The van der Waals surface area contributed by atoms with Crippen molar-refractivity contribution in [1.82, 2.24) is 25.3 Å². The Hall–Kier alpha value is -2.73. The Labute approximate surface area is 153 Å². The average molecular weight is 348 g/mol. The van der Waals surface area contributed by atoms with E-state index in [-0.39, 0.29) is 0 Å². The maximum atomic E-state index is 4.67. The molecular formula is C20H24N6. The number of piperidine rings is 1. The molecule has 6 nitrogen and oxygen atoms in total. The van der Waals surface area contributed by atoms with Gasteiger partial charge in [-0.05, 0) is 50.1 Å². The topological polar surface area (TPSA) is 58.9 Å². The molecule has 1 fully saturated rings. The third-order valence-electron chi connectivity index (χ3n) is 4.77. The first-order valence-electron chi connectivity index (χ1n) is 9.16. The van der Waals surface area contributed by atoms with Gasteiger partial charge in [-0.25, -0.2) is 4.68 Å². The maximum Gasteiger partial charge on any atom is 0.151 e. The van der Waals surface area contributed by atoms with Gasteiger partial charge in [-0.1, -0.05) is 18.2 Å². The second-order valence-electron chi connectivity index (χ2n) is 6.79. The zero-order valence-electron chi connectivity index (χ0n) is 15.0. The zero-order valence-corrected chi connectivity index (χ0v) is 15.0. The summed E-state index contributed by atoms with van der Waals surface area (Å²) in [5.41, 5.74) is 3.09. The van der Waals surface area contributed by atoms with E-state index in [0.29, 0.717) is 6.04 Å². The van der Waals surface area contributed by atoms with Crippen LogP contribution in [0.25, 0.3) is 5.69 Å². The van der Waals surface area contributed by atoms with E-state index in [1.165, 1.54) is 6.42 Å². The first kappa shape index (κ1) is 16.7. The SMILES string of the molecule is Cc1ccc(N2CCCC(NCc3ccn(-c4ccccc4)n3)C2)nn1. The molecule has 1 aliphatic heterocycles. The van der Waals surface area contributed by atoms with Gasteiger partial charge in [0.25, 0.3) is 0 Å². The summed E-state index contributed by atoms with van der Waals surface area (Å²) in [4.78, 5) is 2.32. The highest BCUT2D eigenvalue weighted by Crippen LogP contribution is 2.17. The van der Waals surface area contributed by atoms with Crippen LogP contribution in [0.15, 0.2) is 54.7 Å². The van der Waals surface area contributed by atoms with E-state index in [1.807, 2.05) is 42.1 Å². The summed E-state index contributed by atoms with van der Waals surface area (Å²) in [6.07, 6.45) is 4.35. The highest BCUT2D eigenvalue weighted by Gasteiger charge is 2.21. The second-order valence-corrected chi connectivity index (χ2v) is 6.79. The quantitative estimate of drug-likeness (QED) is 0.768. The third kappa shape index (κ3) is 3.91. The van der Waals surface area contributed by atoms with E-state index in [0.717, 1.165) is 48.9 Å². The summed E-state index contributed by atoms with van der Waals surface area (Å²) >= 11 is 0. The molecule has 26 heavy (non-hydrogen) atoms. The highest BCUT2D eigenvalue weighted by atomic mass is 15.3. The standard InChI is InChI=1S/C20H24N6/c1-16-9-10-20(23-22-16)25-12-5-6-18(15-25)21-14-17-11-13-26(24-17)19-7-3-2-4-8-19/h2-4,7-11,13,18,21H,5-6,12,14-15H2,1H3. The van der Waals surface area contributed by atoms with Gasteiger partial charge in [0.1, 0.15) is 0 Å². The predicted molar refractivity (Wildman–Crippen MR) is 102 cm³/mol. The molecule has 0 bridgehead atoms. The molecule has 4 rings (SSSR count). The van der Waals surface area contributed by atoms with Crippen molar-refractivity contribution in [3.63, 3.8) is 0 Å². The minimum absolute atomic E-state index is 0.439. The first-order valence-corrected chi connectivity index (χ1v) is 9.16. The van der Waals surface area contributed by atoms with Crippen LogP contribution in [0.5, 0.6) is 0 Å². The van der Waals surface area contributed by atoms with Gasteiger partial charge in [0.15, 0.2) is 5.82 Å². The van der Waals surface area contributed by atoms with Crippen LogP contribution >= 0.6 is 0 Å². The van der Waals surface area contributed by atoms with E-state index in [9.17, 15) is 0 Å². The monoisotopic (exact) mass is 348 g/mol. The van der Waals surface area contributed by atoms with Crippen LogP contribution in [0.4, 0.5) is 5.82 Å². The summed E-state index contributed by atoms with van der Waals surface area (Å²) in [5, 5.41) is 16.8. The first-order chi connectivity index (χ1) is 12.8. The fourth-order valence-electron chi connectivity index (χ4n) is 3.34. The Bertz CT molecular complexity index is 827. The molecule has 0 saturated carbocycles. The van der Waals surface area contributed by atoms with Crippen LogP contribution in [0.1, 0.15) is 24.2 Å². The lowest BCUT2D eigenvalue weighted by molar-refractivity contribution is 0.417. The molecule has 1 aliphatic rings. The van der Waals surface area contributed by atoms with Gasteiger partial charge in [-0.3, -0.25) is 0 Å². The number of para-hydroxylation sites is 1. The maximum absolute atomic E-state index is 4.67. The molecular weight excluding hydrogens is 324 g/mol. The van der Waals surface area contributed by atoms with Crippen molar-refractivity contribution in [2.45, 2.75) is 32.4 Å². The van der Waals surface area contributed by atoms with E-state index in [2.05, 4.69) is 49.8 Å². The van der Waals surface area contributed by atoms with Gasteiger partial charge in [0.2, 0.25) is 0 Å². The van der Waals surface area contributed by atoms with Crippen molar-refractivity contribution in [1.29, 1.82) is 0 Å². The number of aryl methyl sites for hydroxylation is 1. The summed E-state index contributed by atoms with van der Waals surface area (Å²) in [6.45, 7) is 4.74. The summed E-state index contributed by atoms with van der Waals surface area (Å²) in [5.74, 6) is 0.968. The Morgan fingerprint density at radius 2 is 1.96 bits per heavy atom. The van der Waals surface area contributed by atoms with Crippen molar-refractivity contribution < 1.29 is 0 Å². The van der Waals surface area contributed by atoms with Gasteiger partial charge in [0.05, 0.1) is 17.1 Å². The number of rotatable bonds is 5. The lowest BCUT2D eigenvalue weighted by atomic mass is 10.1. The van der Waals surface area contributed by atoms with Crippen LogP contribution in [-0.2, 0) is 6.54 Å². The molecule has 0 spiro atoms. The minimum Gasteiger partial charge on any atom is -0.354 e. The largest absolute Gasteiger partial charge is 0.354 e. The Morgan fingerprint density at radius 1 is 1.08 bits per heavy atom. The summed E-state index contributed by atoms with van der Waals surface area (Å²) in [7, 11) is 0. The molecule has 1 unspecified atom stereocenters. The van der Waals surface area contributed by atoms with E-state index >= 15 is 0 Å². The molecule has 1 atom stereocenters. The van der Waals surface area contributed by atoms with Gasteiger partial charge in [-0.2, -0.15) is 10.2 Å². The lowest BCUT2D eigenvalue weighted by Gasteiger charge is -2.33. The van der Waals surface area contributed by atoms with E-state index in [4.69, 9.17) is 0 Å². The number of nitrogens with one attached hydrogen (secondary N) is 1. The molecule has 2 aromatic heterocycles. The number of hydrogen-bond acceptors (Lipinski definition) is 5. The molecule has 0 aliphatic carbocycles. The zero-order chi connectivity index (χ0) is 17.8. The Kier molecular flexibility index (Phi) is 4.93. The number of benzene rings is 1. The molecule has 0 amide bonds. The number of nitrogens with zero attached hydrogens (tertiary/aromatic N) is 5. The van der Waals surface area contributed by atoms with Crippen LogP contribution in [0, 0.1) is 6.92 Å². The molecule has 1 N–H and O–H groups in total. The molecule has 6 heteroatoms. The number of hydrogen-bond donors (Lipinski definition) is 1. The fourth-order valence-corrected chi connectivity index (χ4v) is 3.34. The van der Waals surface area contributed by atoms with Crippen molar-refractivity contribution in [2.24, 2.45) is 0 Å². The van der Waals surface area contributed by atoms with Gasteiger partial charge < -0.3 is 10.2 Å². The van der Waals surface area contributed by atoms with Crippen molar-refractivity contribution in [2.75, 3.05) is 18.0 Å². The molecule has 134 valence electrons. The van der Waals surface area contributed by atoms with Crippen LogP contribution in [-0.4, -0.2) is 39.1 Å². The molecule has 1 aromatic carbocycles. The van der Waals surface area contributed by atoms with E-state index in [1.54, 1.807) is 0 Å². The Morgan fingerprint density at radius 3 is 2.77 bits per heavy atom. The molecule has 3 aromatic rings. The van der Waals surface area contributed by atoms with Gasteiger partial charge >= 0.3 is 0 Å². The molecule has 3 heterocycles. The predicted octanol–water partition coefficient (Wildman–Crippen LogP) is 2.73. The highest BCUT2D eigenvalue weighted by molar-refractivity contribution is 5.38. The van der Waals surface area contributed by atoms with Gasteiger partial charge in [0, 0.05) is 31.9 Å².